The molecule has 0 N–H and O–H groups in total. The second-order valence-electron chi connectivity index (χ2n) is 5.18. The number of nitrogens with zero attached hydrogens (tertiary/aromatic N) is 2. The van der Waals surface area contributed by atoms with E-state index in [2.05, 4.69) is 4.98 Å². The van der Waals surface area contributed by atoms with Crippen LogP contribution in [0.15, 0.2) is 35.8 Å². The van der Waals surface area contributed by atoms with Gasteiger partial charge in [-0.2, -0.15) is 13.2 Å². The molecule has 3 nitrogen and oxygen atoms in total. The molecule has 22 heavy (non-hydrogen) atoms. The Hall–Kier alpha value is -1.89. The van der Waals surface area contributed by atoms with Crippen molar-refractivity contribution in [3.05, 3.63) is 52.0 Å². The number of amides is 1. The number of thiophene rings is 1. The van der Waals surface area contributed by atoms with Crippen molar-refractivity contribution in [3.8, 4) is 0 Å². The van der Waals surface area contributed by atoms with Gasteiger partial charge < -0.3 is 4.90 Å². The van der Waals surface area contributed by atoms with Crippen molar-refractivity contribution < 1.29 is 18.0 Å². The lowest BCUT2D eigenvalue weighted by Gasteiger charge is -2.16. The molecular weight excluding hydrogens is 313 g/mol. The highest BCUT2D eigenvalue weighted by Crippen LogP contribution is 2.31. The molecule has 1 unspecified atom stereocenters. The normalized spacial score (nSPS) is 18.7. The van der Waals surface area contributed by atoms with Gasteiger partial charge in [0.05, 0.1) is 5.56 Å². The molecule has 3 heterocycles. The van der Waals surface area contributed by atoms with Crippen molar-refractivity contribution in [1.29, 1.82) is 0 Å². The molecule has 1 saturated heterocycles. The molecule has 0 bridgehead atoms. The number of hydrogen-bond donors (Lipinski definition) is 0. The highest BCUT2D eigenvalue weighted by atomic mass is 32.1. The number of halogens is 3. The first kappa shape index (κ1) is 15.0. The fraction of sp³-hybridized carbons (Fsp3) is 0.333. The Bertz CT molecular complexity index is 652. The number of likely N-dealkylation sites (tertiary alicyclic amines) is 1. The van der Waals surface area contributed by atoms with E-state index < -0.39 is 11.9 Å². The average molecular weight is 326 g/mol. The second-order valence-corrected chi connectivity index (χ2v) is 6.16. The van der Waals surface area contributed by atoms with Crippen molar-refractivity contribution >= 4 is 17.2 Å². The average Bonchev–Trinajstić information content (AvgIpc) is 3.16. The molecule has 1 amide bonds. The molecule has 2 aromatic rings. The minimum atomic E-state index is -4.49. The quantitative estimate of drug-likeness (QED) is 0.841. The van der Waals surface area contributed by atoms with E-state index in [0.29, 0.717) is 19.0 Å². The molecule has 116 valence electrons. The summed E-state index contributed by atoms with van der Waals surface area (Å²) in [6.07, 6.45) is -2.61. The highest BCUT2D eigenvalue weighted by Gasteiger charge is 2.33. The molecule has 0 spiro atoms. The molecule has 0 aliphatic carbocycles. The minimum Gasteiger partial charge on any atom is -0.338 e. The van der Waals surface area contributed by atoms with E-state index in [-0.39, 0.29) is 11.5 Å². The predicted molar refractivity (Wildman–Crippen MR) is 76.8 cm³/mol. The van der Waals surface area contributed by atoms with Gasteiger partial charge in [0.1, 0.15) is 5.69 Å². The van der Waals surface area contributed by atoms with Crippen molar-refractivity contribution in [2.24, 2.45) is 0 Å². The van der Waals surface area contributed by atoms with Crippen molar-refractivity contribution in [2.45, 2.75) is 18.5 Å². The first-order chi connectivity index (χ1) is 10.4. The molecule has 0 aromatic carbocycles. The van der Waals surface area contributed by atoms with Crippen LogP contribution in [0.1, 0.15) is 33.3 Å². The molecule has 2 aromatic heterocycles. The Morgan fingerprint density at radius 1 is 1.32 bits per heavy atom. The smallest absolute Gasteiger partial charge is 0.338 e. The third kappa shape index (κ3) is 2.99. The monoisotopic (exact) mass is 326 g/mol. The summed E-state index contributed by atoms with van der Waals surface area (Å²) in [5.74, 6) is 0.0478. The zero-order valence-corrected chi connectivity index (χ0v) is 12.3. The van der Waals surface area contributed by atoms with Crippen LogP contribution in [-0.4, -0.2) is 28.9 Å². The molecule has 0 radical (unpaired) electrons. The summed E-state index contributed by atoms with van der Waals surface area (Å²) in [6, 6.07) is 6.06. The van der Waals surface area contributed by atoms with E-state index in [4.69, 9.17) is 0 Å². The highest BCUT2D eigenvalue weighted by molar-refractivity contribution is 7.10. The van der Waals surface area contributed by atoms with Crippen LogP contribution in [0.4, 0.5) is 13.2 Å². The zero-order chi connectivity index (χ0) is 15.7. The topological polar surface area (TPSA) is 33.2 Å². The predicted octanol–water partition coefficient (Wildman–Crippen LogP) is 3.79. The molecule has 1 fully saturated rings. The summed E-state index contributed by atoms with van der Waals surface area (Å²) in [5, 5.41) is 2.00. The van der Waals surface area contributed by atoms with E-state index in [9.17, 15) is 18.0 Å². The third-order valence-corrected chi connectivity index (χ3v) is 4.76. The minimum absolute atomic E-state index is 0.194. The summed E-state index contributed by atoms with van der Waals surface area (Å²) in [7, 11) is 0. The van der Waals surface area contributed by atoms with Gasteiger partial charge in [0, 0.05) is 30.1 Å². The van der Waals surface area contributed by atoms with Crippen LogP contribution >= 0.6 is 11.3 Å². The maximum Gasteiger partial charge on any atom is 0.433 e. The molecule has 1 aliphatic heterocycles. The lowest BCUT2D eigenvalue weighted by Crippen LogP contribution is -2.28. The van der Waals surface area contributed by atoms with Crippen LogP contribution < -0.4 is 0 Å². The Morgan fingerprint density at radius 3 is 2.73 bits per heavy atom. The van der Waals surface area contributed by atoms with Gasteiger partial charge in [-0.3, -0.25) is 9.78 Å². The van der Waals surface area contributed by atoms with E-state index in [1.807, 2.05) is 17.5 Å². The van der Waals surface area contributed by atoms with Crippen LogP contribution in [0.2, 0.25) is 0 Å². The summed E-state index contributed by atoms with van der Waals surface area (Å²) < 4.78 is 37.4. The number of aromatic nitrogens is 1. The maximum atomic E-state index is 12.5. The Morgan fingerprint density at radius 2 is 2.14 bits per heavy atom. The van der Waals surface area contributed by atoms with Gasteiger partial charge in [-0.15, -0.1) is 11.3 Å². The molecule has 1 aliphatic rings. The van der Waals surface area contributed by atoms with Gasteiger partial charge >= 0.3 is 6.18 Å². The molecule has 0 saturated carbocycles. The summed E-state index contributed by atoms with van der Waals surface area (Å²) in [5.41, 5.74) is -0.790. The van der Waals surface area contributed by atoms with E-state index >= 15 is 0 Å². The summed E-state index contributed by atoms with van der Waals surface area (Å²) in [4.78, 5) is 18.6. The van der Waals surface area contributed by atoms with E-state index in [0.717, 1.165) is 18.7 Å². The van der Waals surface area contributed by atoms with Gasteiger partial charge in [0.15, 0.2) is 0 Å². The molecule has 7 heteroatoms. The molecular formula is C15H13F3N2OS. The van der Waals surface area contributed by atoms with Crippen molar-refractivity contribution in [3.63, 3.8) is 0 Å². The Kier molecular flexibility index (Phi) is 3.90. The number of hydrogen-bond acceptors (Lipinski definition) is 3. The second kappa shape index (κ2) is 5.72. The largest absolute Gasteiger partial charge is 0.433 e. The first-order valence-electron chi connectivity index (χ1n) is 6.81. The molecule has 1 atom stereocenters. The number of pyridine rings is 1. The van der Waals surface area contributed by atoms with Gasteiger partial charge in [0.25, 0.3) is 5.91 Å². The van der Waals surface area contributed by atoms with Crippen LogP contribution in [0.3, 0.4) is 0 Å². The lowest BCUT2D eigenvalue weighted by molar-refractivity contribution is -0.141. The third-order valence-electron chi connectivity index (χ3n) is 3.72. The van der Waals surface area contributed by atoms with Gasteiger partial charge in [0.2, 0.25) is 0 Å². The van der Waals surface area contributed by atoms with Crippen LogP contribution in [0.25, 0.3) is 0 Å². The first-order valence-corrected chi connectivity index (χ1v) is 7.69. The summed E-state index contributed by atoms with van der Waals surface area (Å²) >= 11 is 1.66. The SMILES string of the molecule is O=C(c1ccc(C(F)(F)F)nc1)N1CCC(c2cccs2)C1. The number of carbonyl (C=O) groups excluding carboxylic acids is 1. The van der Waals surface area contributed by atoms with E-state index in [1.165, 1.54) is 10.9 Å². The Balaban J connectivity index is 1.70. The Labute approximate surface area is 129 Å². The number of carbonyl (C=O) groups is 1. The fourth-order valence-electron chi connectivity index (χ4n) is 2.57. The van der Waals surface area contributed by atoms with Crippen LogP contribution in [0.5, 0.6) is 0 Å². The standard InChI is InChI=1S/C15H13F3N2OS/c16-15(17,18)13-4-3-10(8-19-13)14(21)20-6-5-11(9-20)12-2-1-7-22-12/h1-4,7-8,11H,5-6,9H2. The van der Waals surface area contributed by atoms with Crippen molar-refractivity contribution in [1.82, 2.24) is 9.88 Å². The maximum absolute atomic E-state index is 12.5. The van der Waals surface area contributed by atoms with Gasteiger partial charge in [-0.1, -0.05) is 6.07 Å². The zero-order valence-electron chi connectivity index (χ0n) is 11.5. The number of rotatable bonds is 2. The van der Waals surface area contributed by atoms with Gasteiger partial charge in [-0.25, -0.2) is 0 Å². The van der Waals surface area contributed by atoms with Crippen LogP contribution in [0, 0.1) is 0 Å². The fourth-order valence-corrected chi connectivity index (χ4v) is 3.43. The molecule has 3 rings (SSSR count). The van der Waals surface area contributed by atoms with Crippen LogP contribution in [-0.2, 0) is 6.18 Å². The lowest BCUT2D eigenvalue weighted by atomic mass is 10.1. The summed E-state index contributed by atoms with van der Waals surface area (Å²) in [6.45, 7) is 1.21. The van der Waals surface area contributed by atoms with Crippen molar-refractivity contribution in [2.75, 3.05) is 13.1 Å². The number of alkyl halides is 3. The van der Waals surface area contributed by atoms with Gasteiger partial charge in [-0.05, 0) is 30.0 Å². The van der Waals surface area contributed by atoms with E-state index in [1.54, 1.807) is 16.2 Å².